The molecule has 2 nitrogen and oxygen atoms in total. The van der Waals surface area contributed by atoms with Crippen molar-refractivity contribution in [3.63, 3.8) is 0 Å². The van der Waals surface area contributed by atoms with Crippen LogP contribution in [-0.4, -0.2) is 6.54 Å². The Bertz CT molecular complexity index is 538. The molecule has 2 aromatic rings. The van der Waals surface area contributed by atoms with Gasteiger partial charge in [0.15, 0.2) is 0 Å². The SMILES string of the molecule is Cc1cccc(CCNc2ccc(N)cc2I)c1. The van der Waals surface area contributed by atoms with Crippen LogP contribution in [0, 0.1) is 10.5 Å². The van der Waals surface area contributed by atoms with E-state index in [1.165, 1.54) is 11.1 Å². The highest BCUT2D eigenvalue weighted by Gasteiger charge is 1.99. The number of nitrogen functional groups attached to an aromatic ring is 1. The molecular formula is C15H17IN2. The van der Waals surface area contributed by atoms with E-state index >= 15 is 0 Å². The quantitative estimate of drug-likeness (QED) is 0.648. The van der Waals surface area contributed by atoms with Gasteiger partial charge in [-0.05, 0) is 59.7 Å². The van der Waals surface area contributed by atoms with Crippen LogP contribution < -0.4 is 11.1 Å². The second kappa shape index (κ2) is 6.09. The molecular weight excluding hydrogens is 335 g/mol. The maximum Gasteiger partial charge on any atom is 0.0477 e. The third kappa shape index (κ3) is 3.63. The summed E-state index contributed by atoms with van der Waals surface area (Å²) in [7, 11) is 0. The molecule has 0 aliphatic rings. The van der Waals surface area contributed by atoms with E-state index in [0.29, 0.717) is 0 Å². The van der Waals surface area contributed by atoms with Crippen molar-refractivity contribution in [3.05, 3.63) is 57.2 Å². The summed E-state index contributed by atoms with van der Waals surface area (Å²) in [5, 5.41) is 3.45. The molecule has 2 aromatic carbocycles. The van der Waals surface area contributed by atoms with Crippen molar-refractivity contribution in [1.82, 2.24) is 0 Å². The average Bonchev–Trinajstić information content (AvgIpc) is 2.32. The minimum absolute atomic E-state index is 0.809. The van der Waals surface area contributed by atoms with Crippen molar-refractivity contribution in [2.45, 2.75) is 13.3 Å². The molecule has 0 unspecified atom stereocenters. The van der Waals surface area contributed by atoms with Crippen LogP contribution in [0.15, 0.2) is 42.5 Å². The van der Waals surface area contributed by atoms with Gasteiger partial charge in [0.05, 0.1) is 0 Å². The van der Waals surface area contributed by atoms with E-state index in [9.17, 15) is 0 Å². The fraction of sp³-hybridized carbons (Fsp3) is 0.200. The van der Waals surface area contributed by atoms with Gasteiger partial charge in [-0.25, -0.2) is 0 Å². The van der Waals surface area contributed by atoms with Gasteiger partial charge in [0.25, 0.3) is 0 Å². The van der Waals surface area contributed by atoms with Gasteiger partial charge in [0, 0.05) is 21.5 Å². The normalized spacial score (nSPS) is 10.3. The molecule has 0 atom stereocenters. The minimum atomic E-state index is 0.809. The molecule has 0 heterocycles. The lowest BCUT2D eigenvalue weighted by Crippen LogP contribution is -2.06. The summed E-state index contributed by atoms with van der Waals surface area (Å²) in [6, 6.07) is 14.6. The Kier molecular flexibility index (Phi) is 4.47. The molecule has 0 saturated carbocycles. The molecule has 0 spiro atoms. The van der Waals surface area contributed by atoms with Crippen LogP contribution in [-0.2, 0) is 6.42 Å². The summed E-state index contributed by atoms with van der Waals surface area (Å²) in [6.07, 6.45) is 1.03. The Balaban J connectivity index is 1.92. The zero-order valence-electron chi connectivity index (χ0n) is 10.4. The molecule has 3 heteroatoms. The number of benzene rings is 2. The van der Waals surface area contributed by atoms with Gasteiger partial charge in [-0.2, -0.15) is 0 Å². The highest BCUT2D eigenvalue weighted by atomic mass is 127. The molecule has 0 bridgehead atoms. The maximum atomic E-state index is 5.73. The number of hydrogen-bond acceptors (Lipinski definition) is 2. The lowest BCUT2D eigenvalue weighted by Gasteiger charge is -2.09. The van der Waals surface area contributed by atoms with Crippen LogP contribution in [0.4, 0.5) is 11.4 Å². The van der Waals surface area contributed by atoms with Gasteiger partial charge in [-0.15, -0.1) is 0 Å². The van der Waals surface area contributed by atoms with Gasteiger partial charge in [0.2, 0.25) is 0 Å². The third-order valence-electron chi connectivity index (χ3n) is 2.80. The predicted molar refractivity (Wildman–Crippen MR) is 86.9 cm³/mol. The number of hydrogen-bond donors (Lipinski definition) is 2. The van der Waals surface area contributed by atoms with Crippen molar-refractivity contribution < 1.29 is 0 Å². The van der Waals surface area contributed by atoms with Crippen molar-refractivity contribution in [1.29, 1.82) is 0 Å². The Morgan fingerprint density at radius 1 is 1.17 bits per heavy atom. The molecule has 0 amide bonds. The van der Waals surface area contributed by atoms with Gasteiger partial charge in [-0.3, -0.25) is 0 Å². The van der Waals surface area contributed by atoms with Crippen molar-refractivity contribution >= 4 is 34.0 Å². The fourth-order valence-electron chi connectivity index (χ4n) is 1.88. The predicted octanol–water partition coefficient (Wildman–Crippen LogP) is 3.84. The van der Waals surface area contributed by atoms with Crippen molar-refractivity contribution in [2.75, 3.05) is 17.6 Å². The van der Waals surface area contributed by atoms with E-state index in [-0.39, 0.29) is 0 Å². The summed E-state index contributed by atoms with van der Waals surface area (Å²) >= 11 is 2.30. The molecule has 18 heavy (non-hydrogen) atoms. The van der Waals surface area contributed by atoms with Crippen LogP contribution in [0.3, 0.4) is 0 Å². The van der Waals surface area contributed by atoms with Crippen molar-refractivity contribution in [3.8, 4) is 0 Å². The highest BCUT2D eigenvalue weighted by molar-refractivity contribution is 14.1. The molecule has 0 aliphatic carbocycles. The zero-order valence-corrected chi connectivity index (χ0v) is 12.6. The van der Waals surface area contributed by atoms with Crippen LogP contribution in [0.2, 0.25) is 0 Å². The summed E-state index contributed by atoms with van der Waals surface area (Å²) in [5.41, 5.74) is 10.4. The summed E-state index contributed by atoms with van der Waals surface area (Å²) < 4.78 is 1.16. The monoisotopic (exact) mass is 352 g/mol. The highest BCUT2D eigenvalue weighted by Crippen LogP contribution is 2.20. The number of nitrogens with one attached hydrogen (secondary N) is 1. The largest absolute Gasteiger partial charge is 0.399 e. The van der Waals surface area contributed by atoms with Crippen LogP contribution in [0.1, 0.15) is 11.1 Å². The second-order valence-corrected chi connectivity index (χ2v) is 5.57. The second-order valence-electron chi connectivity index (χ2n) is 4.41. The number of anilines is 2. The third-order valence-corrected chi connectivity index (χ3v) is 3.70. The van der Waals surface area contributed by atoms with Crippen LogP contribution in [0.5, 0.6) is 0 Å². The number of nitrogens with two attached hydrogens (primary N) is 1. The topological polar surface area (TPSA) is 38.0 Å². The molecule has 0 saturated heterocycles. The first kappa shape index (κ1) is 13.2. The average molecular weight is 352 g/mol. The van der Waals surface area contributed by atoms with E-state index in [4.69, 9.17) is 5.73 Å². The molecule has 3 N–H and O–H groups in total. The molecule has 2 rings (SSSR count). The van der Waals surface area contributed by atoms with E-state index in [1.807, 2.05) is 18.2 Å². The summed E-state index contributed by atoms with van der Waals surface area (Å²) in [5.74, 6) is 0. The Hall–Kier alpha value is -1.23. The van der Waals surface area contributed by atoms with Gasteiger partial charge in [0.1, 0.15) is 0 Å². The first-order valence-electron chi connectivity index (χ1n) is 5.99. The minimum Gasteiger partial charge on any atom is -0.399 e. The number of aryl methyl sites for hydroxylation is 1. The van der Waals surface area contributed by atoms with E-state index in [0.717, 1.165) is 27.9 Å². The zero-order chi connectivity index (χ0) is 13.0. The first-order chi connectivity index (χ1) is 8.65. The number of halogens is 1. The summed E-state index contributed by atoms with van der Waals surface area (Å²) in [4.78, 5) is 0. The molecule has 0 radical (unpaired) electrons. The molecule has 0 aromatic heterocycles. The maximum absolute atomic E-state index is 5.73. The Labute approximate surface area is 122 Å². The first-order valence-corrected chi connectivity index (χ1v) is 7.07. The number of rotatable bonds is 4. The smallest absolute Gasteiger partial charge is 0.0477 e. The van der Waals surface area contributed by atoms with Crippen LogP contribution >= 0.6 is 22.6 Å². The lowest BCUT2D eigenvalue weighted by molar-refractivity contribution is 1.02. The molecule has 94 valence electrons. The molecule has 0 fully saturated rings. The van der Waals surface area contributed by atoms with Gasteiger partial charge in [-0.1, -0.05) is 29.8 Å². The Morgan fingerprint density at radius 3 is 2.72 bits per heavy atom. The van der Waals surface area contributed by atoms with Gasteiger partial charge < -0.3 is 11.1 Å². The Morgan fingerprint density at radius 2 is 2.00 bits per heavy atom. The standard InChI is InChI=1S/C15H17IN2/c1-11-3-2-4-12(9-11)7-8-18-15-6-5-13(17)10-14(15)16/h2-6,9-10,18H,7-8,17H2,1H3. The lowest BCUT2D eigenvalue weighted by atomic mass is 10.1. The van der Waals surface area contributed by atoms with Crippen molar-refractivity contribution in [2.24, 2.45) is 0 Å². The van der Waals surface area contributed by atoms with E-state index in [1.54, 1.807) is 0 Å². The van der Waals surface area contributed by atoms with Crippen LogP contribution in [0.25, 0.3) is 0 Å². The van der Waals surface area contributed by atoms with E-state index < -0.39 is 0 Å². The van der Waals surface area contributed by atoms with Gasteiger partial charge >= 0.3 is 0 Å². The summed E-state index contributed by atoms with van der Waals surface area (Å²) in [6.45, 7) is 3.06. The van der Waals surface area contributed by atoms with E-state index in [2.05, 4.69) is 59.1 Å². The fourth-order valence-corrected chi connectivity index (χ4v) is 2.61. The molecule has 0 aliphatic heterocycles.